The zero-order valence-corrected chi connectivity index (χ0v) is 27.8. The van der Waals surface area contributed by atoms with Gasteiger partial charge in [-0.3, -0.25) is 0 Å². The average Bonchev–Trinajstić information content (AvgIpc) is 3.56. The first-order valence-electron chi connectivity index (χ1n) is 15.5. The van der Waals surface area contributed by atoms with Crippen LogP contribution in [0.5, 0.6) is 5.75 Å². The fraction of sp³-hybridized carbons (Fsp3) is 0.250. The summed E-state index contributed by atoms with van der Waals surface area (Å²) >= 11 is 0. The van der Waals surface area contributed by atoms with E-state index in [1.807, 2.05) is 67.6 Å². The quantitative estimate of drug-likeness (QED) is 0.0692. The average molecular weight is 670 g/mol. The van der Waals surface area contributed by atoms with Crippen LogP contribution in [0.15, 0.2) is 118 Å². The van der Waals surface area contributed by atoms with E-state index in [0.29, 0.717) is 41.4 Å². The molecule has 2 atom stereocenters. The summed E-state index contributed by atoms with van der Waals surface area (Å²) in [7, 11) is -3.94. The Labute approximate surface area is 280 Å². The highest BCUT2D eigenvalue weighted by atomic mass is 32.2. The van der Waals surface area contributed by atoms with Crippen LogP contribution in [0, 0.1) is 0 Å². The second-order valence-corrected chi connectivity index (χ2v) is 13.6. The Kier molecular flexibility index (Phi) is 10.6. The molecule has 1 aromatic heterocycles. The Morgan fingerprint density at radius 3 is 2.21 bits per heavy atom. The summed E-state index contributed by atoms with van der Waals surface area (Å²) in [6.45, 7) is 5.45. The van der Waals surface area contributed by atoms with Crippen LogP contribution >= 0.6 is 0 Å². The zero-order valence-electron chi connectivity index (χ0n) is 26.9. The van der Waals surface area contributed by atoms with Crippen molar-refractivity contribution in [2.45, 2.75) is 62.7 Å². The Balaban J connectivity index is 0.000000349. The van der Waals surface area contributed by atoms with Crippen LogP contribution in [0.4, 0.5) is 0 Å². The van der Waals surface area contributed by atoms with Gasteiger partial charge in [-0.2, -0.15) is 4.98 Å². The van der Waals surface area contributed by atoms with E-state index in [-0.39, 0.29) is 10.7 Å². The highest BCUT2D eigenvalue weighted by molar-refractivity contribution is 7.89. The van der Waals surface area contributed by atoms with Crippen molar-refractivity contribution >= 4 is 15.9 Å². The molecule has 11 nitrogen and oxygen atoms in total. The van der Waals surface area contributed by atoms with Crippen molar-refractivity contribution in [3.63, 3.8) is 0 Å². The van der Waals surface area contributed by atoms with E-state index in [9.17, 15) is 13.5 Å². The molecule has 0 saturated carbocycles. The van der Waals surface area contributed by atoms with Gasteiger partial charge in [0.25, 0.3) is 5.89 Å². The largest absolute Gasteiger partial charge is 0.485 e. The van der Waals surface area contributed by atoms with Crippen molar-refractivity contribution in [1.82, 2.24) is 14.9 Å². The lowest BCUT2D eigenvalue weighted by Crippen LogP contribution is -2.53. The topological polar surface area (TPSA) is 173 Å². The number of ether oxygens (including phenoxy) is 1. The van der Waals surface area contributed by atoms with Crippen LogP contribution in [0.3, 0.4) is 0 Å². The predicted molar refractivity (Wildman–Crippen MR) is 182 cm³/mol. The van der Waals surface area contributed by atoms with Gasteiger partial charge in [0.2, 0.25) is 10.0 Å². The number of aryl methyl sites for hydroxylation is 1. The summed E-state index contributed by atoms with van der Waals surface area (Å²) in [5.74, 6) is 1.53. The molecule has 48 heavy (non-hydrogen) atoms. The minimum atomic E-state index is -3.94. The maximum absolute atomic E-state index is 13.3. The third-order valence-corrected chi connectivity index (χ3v) is 9.40. The molecule has 1 aliphatic rings. The zero-order chi connectivity index (χ0) is 34.3. The molecule has 0 bridgehead atoms. The molecule has 0 radical (unpaired) electrons. The van der Waals surface area contributed by atoms with E-state index in [1.54, 1.807) is 56.3 Å². The molecule has 1 aliphatic heterocycles. The van der Waals surface area contributed by atoms with Crippen molar-refractivity contribution in [1.29, 1.82) is 0 Å². The minimum Gasteiger partial charge on any atom is -0.485 e. The van der Waals surface area contributed by atoms with E-state index < -0.39 is 27.8 Å². The van der Waals surface area contributed by atoms with Gasteiger partial charge in [0.05, 0.1) is 10.9 Å². The molecule has 250 valence electrons. The van der Waals surface area contributed by atoms with Crippen LogP contribution in [-0.4, -0.2) is 46.4 Å². The minimum absolute atomic E-state index is 0.126. The van der Waals surface area contributed by atoms with Gasteiger partial charge in [-0.25, -0.2) is 13.1 Å². The van der Waals surface area contributed by atoms with E-state index in [4.69, 9.17) is 20.2 Å². The Hall–Kier alpha value is -5.04. The van der Waals surface area contributed by atoms with Crippen LogP contribution in [0.25, 0.3) is 11.5 Å². The molecule has 5 aromatic rings. The van der Waals surface area contributed by atoms with Crippen molar-refractivity contribution in [2.24, 2.45) is 10.9 Å². The second-order valence-electron chi connectivity index (χ2n) is 11.9. The molecule has 0 amide bonds. The molecule has 5 N–H and O–H groups in total. The van der Waals surface area contributed by atoms with Crippen molar-refractivity contribution < 1.29 is 28.0 Å². The highest BCUT2D eigenvalue weighted by Gasteiger charge is 2.45. The second kappa shape index (κ2) is 14.8. The van der Waals surface area contributed by atoms with Gasteiger partial charge in [-0.05, 0) is 67.3 Å². The Morgan fingerprint density at radius 2 is 1.58 bits per heavy atom. The molecule has 0 spiro atoms. The molecular formula is C36H39N5O6S. The van der Waals surface area contributed by atoms with E-state index in [0.717, 1.165) is 23.1 Å². The normalized spacial score (nSPS) is 17.0. The summed E-state index contributed by atoms with van der Waals surface area (Å²) in [5, 5.41) is 26.4. The number of sulfonamides is 1. The number of hydrogen-bond acceptors (Lipinski definition) is 9. The number of hydrogen-bond donors (Lipinski definition) is 4. The molecule has 6 rings (SSSR count). The monoisotopic (exact) mass is 669 g/mol. The Morgan fingerprint density at radius 1 is 0.938 bits per heavy atom. The van der Waals surface area contributed by atoms with Crippen LogP contribution in [-0.2, 0) is 29.3 Å². The predicted octanol–water partition coefficient (Wildman–Crippen LogP) is 5.42. The number of nitrogens with two attached hydrogens (primary N) is 1. The van der Waals surface area contributed by atoms with Gasteiger partial charge >= 0.3 is 0 Å². The van der Waals surface area contributed by atoms with Gasteiger partial charge in [0.15, 0.2) is 5.82 Å². The first kappa shape index (κ1) is 34.3. The number of nitrogens with one attached hydrogen (secondary N) is 1. The number of amidine groups is 1. The number of aromatic nitrogens is 2. The first-order valence-corrected chi connectivity index (χ1v) is 17.0. The van der Waals surface area contributed by atoms with E-state index in [1.165, 1.54) is 0 Å². The number of benzene rings is 4. The summed E-state index contributed by atoms with van der Waals surface area (Å²) in [6.07, 6.45) is 0.665. The third kappa shape index (κ3) is 8.26. The molecule has 4 aromatic carbocycles. The van der Waals surface area contributed by atoms with Gasteiger partial charge < -0.3 is 25.3 Å². The molecular weight excluding hydrogens is 630 g/mol. The van der Waals surface area contributed by atoms with Gasteiger partial charge in [0, 0.05) is 24.0 Å². The standard InChI is InChI=1S/C28H29N3O5S.C8H10N2O/c1-4-18-10-13-21(14-11-18)37(33,34)31-25-22-17-20(12-15-23(22)35-28(2,3)26(25)32)27-29-24(30-36-27)16-19-8-6-5-7-9-19;9-8(10-11)6-7-4-2-1-3-5-7/h5-15,17,25-26,31-32H,4,16H2,1-3H3;1-5,11H,6H2,(H2,9,10)/t25-,26+;/m1./s1. The lowest BCUT2D eigenvalue weighted by Gasteiger charge is -2.42. The summed E-state index contributed by atoms with van der Waals surface area (Å²) in [4.78, 5) is 4.64. The van der Waals surface area contributed by atoms with Crippen molar-refractivity contribution in [2.75, 3.05) is 0 Å². The van der Waals surface area contributed by atoms with Crippen LogP contribution < -0.4 is 15.2 Å². The SMILES string of the molecule is CCc1ccc(S(=O)(=O)N[C@@H]2c3cc(-c4nc(Cc5ccccc5)no4)ccc3OC(C)(C)[C@H]2O)cc1.N/C(Cc1ccccc1)=N\O. The number of rotatable bonds is 9. The third-order valence-electron chi connectivity index (χ3n) is 7.95. The molecule has 0 fully saturated rings. The summed E-state index contributed by atoms with van der Waals surface area (Å²) in [6, 6.07) is 30.4. The number of nitrogens with zero attached hydrogens (tertiary/aromatic N) is 3. The lowest BCUT2D eigenvalue weighted by atomic mass is 9.86. The van der Waals surface area contributed by atoms with Crippen molar-refractivity contribution in [3.05, 3.63) is 131 Å². The number of aliphatic hydroxyl groups is 1. The smallest absolute Gasteiger partial charge is 0.257 e. The maximum Gasteiger partial charge on any atom is 0.257 e. The fourth-order valence-electron chi connectivity index (χ4n) is 5.26. The molecule has 0 saturated heterocycles. The lowest BCUT2D eigenvalue weighted by molar-refractivity contribution is -0.0602. The van der Waals surface area contributed by atoms with Gasteiger partial charge in [-0.15, -0.1) is 0 Å². The van der Waals surface area contributed by atoms with Gasteiger partial charge in [-0.1, -0.05) is 90.0 Å². The van der Waals surface area contributed by atoms with Gasteiger partial charge in [0.1, 0.15) is 23.3 Å². The maximum atomic E-state index is 13.3. The Bertz CT molecular complexity index is 1950. The molecule has 0 aliphatic carbocycles. The highest BCUT2D eigenvalue weighted by Crippen LogP contribution is 2.42. The number of oxime groups is 1. The molecule has 12 heteroatoms. The van der Waals surface area contributed by atoms with E-state index in [2.05, 4.69) is 20.0 Å². The number of fused-ring (bicyclic) bond motifs is 1. The molecule has 2 heterocycles. The van der Waals surface area contributed by atoms with Crippen molar-refractivity contribution in [3.8, 4) is 17.2 Å². The summed E-state index contributed by atoms with van der Waals surface area (Å²) in [5.41, 5.74) is 8.50. The number of aliphatic hydroxyl groups excluding tert-OH is 1. The van der Waals surface area contributed by atoms with E-state index >= 15 is 0 Å². The van der Waals surface area contributed by atoms with Crippen LogP contribution in [0.2, 0.25) is 0 Å². The fourth-order valence-corrected chi connectivity index (χ4v) is 6.48. The van der Waals surface area contributed by atoms with Crippen LogP contribution in [0.1, 0.15) is 54.9 Å². The molecule has 0 unspecified atom stereocenters. The summed E-state index contributed by atoms with van der Waals surface area (Å²) < 4.78 is 40.8. The first-order chi connectivity index (χ1) is 23.0.